The van der Waals surface area contributed by atoms with E-state index in [1.165, 1.54) is 34.4 Å². The third-order valence-corrected chi connectivity index (χ3v) is 7.08. The van der Waals surface area contributed by atoms with Crippen LogP contribution in [0.15, 0.2) is 53.1 Å². The number of fused-ring (bicyclic) bond motifs is 3. The largest absolute Gasteiger partial charge is 0.468 e. The van der Waals surface area contributed by atoms with Crippen LogP contribution in [0.5, 0.6) is 0 Å². The molecule has 1 fully saturated rings. The lowest BCUT2D eigenvalue weighted by molar-refractivity contribution is 0.0938. The lowest BCUT2D eigenvalue weighted by Crippen LogP contribution is -2.36. The number of furan rings is 1. The molecule has 2 aromatic heterocycles. The van der Waals surface area contributed by atoms with Crippen LogP contribution >= 0.6 is 11.3 Å². The van der Waals surface area contributed by atoms with Crippen LogP contribution in [0.25, 0.3) is 10.4 Å². The molecule has 3 heterocycles. The number of nitrogens with zero attached hydrogens (tertiary/aromatic N) is 1. The molecule has 5 heteroatoms. The summed E-state index contributed by atoms with van der Waals surface area (Å²) in [7, 11) is 0. The highest BCUT2D eigenvalue weighted by molar-refractivity contribution is 7.17. The van der Waals surface area contributed by atoms with E-state index in [0.717, 1.165) is 36.6 Å². The van der Waals surface area contributed by atoms with Gasteiger partial charge < -0.3 is 9.73 Å². The predicted molar refractivity (Wildman–Crippen MR) is 112 cm³/mol. The maximum atomic E-state index is 12.9. The number of hydrogen-bond acceptors (Lipinski definition) is 4. The highest BCUT2D eigenvalue weighted by atomic mass is 32.1. The summed E-state index contributed by atoms with van der Waals surface area (Å²) < 4.78 is 5.66. The fraction of sp³-hybridized carbons (Fsp3) is 0.348. The minimum absolute atomic E-state index is 0.0210. The number of likely N-dealkylation sites (tertiary alicyclic amines) is 1. The number of hydrogen-bond donors (Lipinski definition) is 1. The van der Waals surface area contributed by atoms with Gasteiger partial charge in [0.1, 0.15) is 5.76 Å². The highest BCUT2D eigenvalue weighted by Crippen LogP contribution is 2.39. The average Bonchev–Trinajstić information content (AvgIpc) is 3.49. The number of amides is 1. The summed E-state index contributed by atoms with van der Waals surface area (Å²) in [6.45, 7) is 2.70. The zero-order chi connectivity index (χ0) is 18.9. The van der Waals surface area contributed by atoms with Crippen molar-refractivity contribution in [1.82, 2.24) is 10.2 Å². The molecule has 1 aromatic carbocycles. The van der Waals surface area contributed by atoms with E-state index in [-0.39, 0.29) is 11.9 Å². The second-order valence-electron chi connectivity index (χ2n) is 7.61. The molecule has 1 aliphatic heterocycles. The van der Waals surface area contributed by atoms with Gasteiger partial charge in [0.15, 0.2) is 0 Å². The van der Waals surface area contributed by atoms with Crippen LogP contribution in [-0.4, -0.2) is 30.4 Å². The van der Waals surface area contributed by atoms with Gasteiger partial charge >= 0.3 is 0 Å². The zero-order valence-corrected chi connectivity index (χ0v) is 16.6. The number of aryl methyl sites for hydroxylation is 2. The number of thiophene rings is 1. The van der Waals surface area contributed by atoms with Crippen molar-refractivity contribution < 1.29 is 9.21 Å². The Morgan fingerprint density at radius 3 is 2.75 bits per heavy atom. The molecule has 0 radical (unpaired) electrons. The molecule has 3 aromatic rings. The van der Waals surface area contributed by atoms with Gasteiger partial charge in [-0.05, 0) is 73.7 Å². The molecule has 4 nitrogen and oxygen atoms in total. The van der Waals surface area contributed by atoms with E-state index >= 15 is 0 Å². The molecule has 2 aliphatic rings. The molecule has 1 atom stereocenters. The highest BCUT2D eigenvalue weighted by Gasteiger charge is 2.27. The minimum Gasteiger partial charge on any atom is -0.468 e. The van der Waals surface area contributed by atoms with Crippen LogP contribution in [0.2, 0.25) is 0 Å². The van der Waals surface area contributed by atoms with Gasteiger partial charge in [0.05, 0.1) is 17.2 Å². The first kappa shape index (κ1) is 17.7. The van der Waals surface area contributed by atoms with E-state index in [2.05, 4.69) is 40.5 Å². The Kier molecular flexibility index (Phi) is 4.79. The number of rotatable bonds is 5. The zero-order valence-electron chi connectivity index (χ0n) is 15.8. The quantitative estimate of drug-likeness (QED) is 0.686. The van der Waals surface area contributed by atoms with Crippen molar-refractivity contribution in [3.8, 4) is 10.4 Å². The van der Waals surface area contributed by atoms with Gasteiger partial charge in [-0.15, -0.1) is 11.3 Å². The van der Waals surface area contributed by atoms with Crippen LogP contribution in [0.1, 0.15) is 45.4 Å². The normalized spacial score (nSPS) is 17.1. The Morgan fingerprint density at radius 1 is 1.11 bits per heavy atom. The van der Waals surface area contributed by atoms with Crippen LogP contribution < -0.4 is 5.32 Å². The lowest BCUT2D eigenvalue weighted by Gasteiger charge is -2.25. The Morgan fingerprint density at radius 2 is 1.93 bits per heavy atom. The Bertz CT molecular complexity index is 970. The van der Waals surface area contributed by atoms with Crippen LogP contribution in [-0.2, 0) is 12.8 Å². The van der Waals surface area contributed by atoms with Gasteiger partial charge in [0.2, 0.25) is 0 Å². The summed E-state index contributed by atoms with van der Waals surface area (Å²) in [5.74, 6) is 0.953. The molecular weight excluding hydrogens is 368 g/mol. The standard InChI is InChI=1S/C23H24N2O2S/c26-23(24-15-19(20-8-5-13-27-20)25-11-3-4-12-25)21-14-17-10-9-16-6-1-2-7-18(16)22(17)28-21/h1-2,5-8,13-14,19H,3-4,9-12,15H2,(H,24,26). The maximum absolute atomic E-state index is 12.9. The van der Waals surface area contributed by atoms with E-state index in [4.69, 9.17) is 4.42 Å². The van der Waals surface area contributed by atoms with E-state index in [1.807, 2.05) is 12.1 Å². The van der Waals surface area contributed by atoms with Gasteiger partial charge in [-0.25, -0.2) is 0 Å². The SMILES string of the molecule is O=C(NCC(c1ccco1)N1CCCC1)c1cc2c(s1)-c1ccccc1CC2. The number of nitrogens with one attached hydrogen (secondary N) is 1. The fourth-order valence-electron chi connectivity index (χ4n) is 4.40. The van der Waals surface area contributed by atoms with Gasteiger partial charge in [-0.2, -0.15) is 0 Å². The molecule has 5 rings (SSSR count). The van der Waals surface area contributed by atoms with Crippen molar-refractivity contribution in [2.45, 2.75) is 31.7 Å². The third kappa shape index (κ3) is 3.29. The summed E-state index contributed by atoms with van der Waals surface area (Å²) in [5.41, 5.74) is 3.98. The molecule has 28 heavy (non-hydrogen) atoms. The Balaban J connectivity index is 1.33. The summed E-state index contributed by atoms with van der Waals surface area (Å²) in [4.78, 5) is 17.4. The van der Waals surface area contributed by atoms with Crippen LogP contribution in [0.4, 0.5) is 0 Å². The monoisotopic (exact) mass is 392 g/mol. The molecule has 1 amide bonds. The van der Waals surface area contributed by atoms with Crippen molar-refractivity contribution in [2.75, 3.05) is 19.6 Å². The summed E-state index contributed by atoms with van der Waals surface area (Å²) in [5, 5.41) is 3.17. The van der Waals surface area contributed by atoms with Crippen molar-refractivity contribution in [2.24, 2.45) is 0 Å². The van der Waals surface area contributed by atoms with Crippen molar-refractivity contribution in [3.63, 3.8) is 0 Å². The predicted octanol–water partition coefficient (Wildman–Crippen LogP) is 4.67. The number of carbonyl (C=O) groups excluding carboxylic acids is 1. The van der Waals surface area contributed by atoms with E-state index in [1.54, 1.807) is 17.6 Å². The second kappa shape index (κ2) is 7.57. The maximum Gasteiger partial charge on any atom is 0.261 e. The lowest BCUT2D eigenvalue weighted by atomic mass is 9.91. The summed E-state index contributed by atoms with van der Waals surface area (Å²) >= 11 is 1.62. The fourth-order valence-corrected chi connectivity index (χ4v) is 5.59. The van der Waals surface area contributed by atoms with Crippen molar-refractivity contribution >= 4 is 17.2 Å². The third-order valence-electron chi connectivity index (χ3n) is 5.87. The van der Waals surface area contributed by atoms with E-state index in [9.17, 15) is 4.79 Å². The molecule has 0 spiro atoms. The molecule has 1 unspecified atom stereocenters. The van der Waals surface area contributed by atoms with Gasteiger partial charge in [0.25, 0.3) is 5.91 Å². The van der Waals surface area contributed by atoms with Crippen molar-refractivity contribution in [3.05, 3.63) is 70.5 Å². The first-order valence-corrected chi connectivity index (χ1v) is 10.9. The Labute approximate surface area is 169 Å². The smallest absolute Gasteiger partial charge is 0.261 e. The first-order chi connectivity index (χ1) is 13.8. The average molecular weight is 393 g/mol. The first-order valence-electron chi connectivity index (χ1n) is 10.1. The van der Waals surface area contributed by atoms with Crippen LogP contribution in [0, 0.1) is 0 Å². The molecule has 0 saturated carbocycles. The van der Waals surface area contributed by atoms with E-state index < -0.39 is 0 Å². The molecular formula is C23H24N2O2S. The second-order valence-corrected chi connectivity index (χ2v) is 8.66. The Hall–Kier alpha value is -2.37. The number of benzene rings is 1. The molecule has 0 bridgehead atoms. The molecule has 1 aliphatic carbocycles. The molecule has 1 N–H and O–H groups in total. The minimum atomic E-state index is 0.0210. The molecule has 1 saturated heterocycles. The summed E-state index contributed by atoms with van der Waals surface area (Å²) in [6.07, 6.45) is 6.20. The topological polar surface area (TPSA) is 45.5 Å². The van der Waals surface area contributed by atoms with Crippen molar-refractivity contribution in [1.29, 1.82) is 0 Å². The van der Waals surface area contributed by atoms with E-state index in [0.29, 0.717) is 6.54 Å². The van der Waals surface area contributed by atoms with Gasteiger partial charge in [0, 0.05) is 11.4 Å². The van der Waals surface area contributed by atoms with Crippen LogP contribution in [0.3, 0.4) is 0 Å². The molecule has 144 valence electrons. The summed E-state index contributed by atoms with van der Waals surface area (Å²) in [6, 6.07) is 14.7. The van der Waals surface area contributed by atoms with Gasteiger partial charge in [-0.3, -0.25) is 9.69 Å². The van der Waals surface area contributed by atoms with Gasteiger partial charge in [-0.1, -0.05) is 24.3 Å². The number of carbonyl (C=O) groups is 1.